The van der Waals surface area contributed by atoms with Crippen LogP contribution in [0, 0.1) is 11.6 Å². The number of rotatable bonds is 5. The number of ether oxygens (including phenoxy) is 1. The van der Waals surface area contributed by atoms with E-state index in [9.17, 15) is 17.2 Å². The van der Waals surface area contributed by atoms with E-state index in [0.717, 1.165) is 12.1 Å². The number of methoxy groups -OCH3 is 1. The van der Waals surface area contributed by atoms with Crippen molar-refractivity contribution in [1.82, 2.24) is 0 Å². The highest BCUT2D eigenvalue weighted by Gasteiger charge is 2.26. The summed E-state index contributed by atoms with van der Waals surface area (Å²) in [5.41, 5.74) is 0.254. The second kappa shape index (κ2) is 6.53. The van der Waals surface area contributed by atoms with Crippen molar-refractivity contribution in [3.8, 4) is 5.75 Å². The third kappa shape index (κ3) is 3.33. The Bertz CT molecular complexity index is 771. The highest BCUT2D eigenvalue weighted by Crippen LogP contribution is 2.30. The maximum absolute atomic E-state index is 13.9. The first-order chi connectivity index (χ1) is 10.4. The first-order valence-electron chi connectivity index (χ1n) is 6.08. The molecule has 0 bridgehead atoms. The molecular formula is C14H13F2NO3S2. The molecule has 0 aromatic heterocycles. The van der Waals surface area contributed by atoms with E-state index >= 15 is 0 Å². The lowest BCUT2D eigenvalue weighted by atomic mass is 10.3. The molecule has 2 aromatic carbocycles. The van der Waals surface area contributed by atoms with Crippen LogP contribution in [0.25, 0.3) is 0 Å². The van der Waals surface area contributed by atoms with Crippen LogP contribution < -0.4 is 9.46 Å². The van der Waals surface area contributed by atoms with Crippen LogP contribution in [0.1, 0.15) is 0 Å². The standard InChI is InChI=1S/C14H13F2NO3S2/c1-20-9-7-10(15)14(11(16)8-9)22(18,19)17-12-5-3-4-6-13(12)21-2/h3-8,17H,1-2H3. The van der Waals surface area contributed by atoms with E-state index in [1.807, 2.05) is 0 Å². The Morgan fingerprint density at radius 3 is 2.27 bits per heavy atom. The van der Waals surface area contributed by atoms with Gasteiger partial charge in [0.05, 0.1) is 12.8 Å². The van der Waals surface area contributed by atoms with E-state index in [1.165, 1.54) is 24.9 Å². The summed E-state index contributed by atoms with van der Waals surface area (Å²) in [4.78, 5) is -0.399. The van der Waals surface area contributed by atoms with Gasteiger partial charge in [0.25, 0.3) is 10.0 Å². The lowest BCUT2D eigenvalue weighted by Gasteiger charge is -2.13. The number of nitrogens with one attached hydrogen (secondary N) is 1. The Morgan fingerprint density at radius 1 is 1.14 bits per heavy atom. The molecule has 8 heteroatoms. The van der Waals surface area contributed by atoms with Crippen molar-refractivity contribution < 1.29 is 21.9 Å². The Balaban J connectivity index is 2.48. The summed E-state index contributed by atoms with van der Waals surface area (Å²) in [6.07, 6.45) is 1.77. The predicted octanol–water partition coefficient (Wildman–Crippen LogP) is 3.50. The molecule has 0 saturated heterocycles. The van der Waals surface area contributed by atoms with Gasteiger partial charge in [-0.05, 0) is 18.4 Å². The van der Waals surface area contributed by atoms with Gasteiger partial charge in [-0.25, -0.2) is 17.2 Å². The molecule has 0 spiro atoms. The number of halogens is 2. The minimum absolute atomic E-state index is 0.0986. The minimum Gasteiger partial charge on any atom is -0.497 e. The van der Waals surface area contributed by atoms with E-state index in [0.29, 0.717) is 4.90 Å². The zero-order valence-corrected chi connectivity index (χ0v) is 13.4. The number of benzene rings is 2. The van der Waals surface area contributed by atoms with Crippen LogP contribution in [0.2, 0.25) is 0 Å². The molecule has 0 saturated carbocycles. The van der Waals surface area contributed by atoms with E-state index in [2.05, 4.69) is 4.72 Å². The summed E-state index contributed by atoms with van der Waals surface area (Å²) in [7, 11) is -3.17. The Morgan fingerprint density at radius 2 is 1.73 bits per heavy atom. The maximum atomic E-state index is 13.9. The zero-order chi connectivity index (χ0) is 16.3. The van der Waals surface area contributed by atoms with E-state index in [1.54, 1.807) is 24.5 Å². The smallest absolute Gasteiger partial charge is 0.267 e. The molecule has 0 heterocycles. The third-order valence-corrected chi connectivity index (χ3v) is 5.04. The van der Waals surface area contributed by atoms with Crippen molar-refractivity contribution in [3.63, 3.8) is 0 Å². The van der Waals surface area contributed by atoms with Crippen LogP contribution in [0.3, 0.4) is 0 Å². The maximum Gasteiger partial charge on any atom is 0.267 e. The van der Waals surface area contributed by atoms with Crippen LogP contribution >= 0.6 is 11.8 Å². The van der Waals surface area contributed by atoms with Gasteiger partial charge < -0.3 is 4.74 Å². The summed E-state index contributed by atoms with van der Waals surface area (Å²) in [6, 6.07) is 8.21. The second-order valence-corrected chi connectivity index (χ2v) is 6.69. The van der Waals surface area contributed by atoms with Gasteiger partial charge in [0.2, 0.25) is 0 Å². The van der Waals surface area contributed by atoms with Crippen molar-refractivity contribution in [1.29, 1.82) is 0 Å². The van der Waals surface area contributed by atoms with Gasteiger partial charge in [-0.15, -0.1) is 11.8 Å². The van der Waals surface area contributed by atoms with Gasteiger partial charge >= 0.3 is 0 Å². The van der Waals surface area contributed by atoms with Crippen LogP contribution in [0.4, 0.5) is 14.5 Å². The van der Waals surface area contributed by atoms with Crippen molar-refractivity contribution >= 4 is 27.5 Å². The molecule has 2 aromatic rings. The normalized spacial score (nSPS) is 11.3. The number of thioether (sulfide) groups is 1. The average Bonchev–Trinajstić information content (AvgIpc) is 2.46. The van der Waals surface area contributed by atoms with Crippen LogP contribution in [-0.2, 0) is 10.0 Å². The van der Waals surface area contributed by atoms with E-state index < -0.39 is 26.6 Å². The SMILES string of the molecule is COc1cc(F)c(S(=O)(=O)Nc2ccccc2SC)c(F)c1. The molecule has 0 aliphatic carbocycles. The summed E-state index contributed by atoms with van der Waals surface area (Å²) in [5, 5.41) is 0. The predicted molar refractivity (Wildman–Crippen MR) is 81.9 cm³/mol. The average molecular weight is 345 g/mol. The minimum atomic E-state index is -4.40. The van der Waals surface area contributed by atoms with Gasteiger partial charge in [0.1, 0.15) is 17.4 Å². The molecule has 0 aliphatic rings. The van der Waals surface area contributed by atoms with Crippen molar-refractivity contribution in [3.05, 3.63) is 48.0 Å². The highest BCUT2D eigenvalue weighted by molar-refractivity contribution is 7.99. The first-order valence-corrected chi connectivity index (χ1v) is 8.78. The molecule has 0 atom stereocenters. The molecular weight excluding hydrogens is 332 g/mol. The van der Waals surface area contributed by atoms with Gasteiger partial charge in [-0.3, -0.25) is 4.72 Å². The fraction of sp³-hybridized carbons (Fsp3) is 0.143. The highest BCUT2D eigenvalue weighted by atomic mass is 32.2. The van der Waals surface area contributed by atoms with Crippen molar-refractivity contribution in [2.75, 3.05) is 18.1 Å². The number of hydrogen-bond acceptors (Lipinski definition) is 4. The van der Waals surface area contributed by atoms with Crippen molar-refractivity contribution in [2.45, 2.75) is 9.79 Å². The molecule has 0 aliphatic heterocycles. The van der Waals surface area contributed by atoms with E-state index in [-0.39, 0.29) is 11.4 Å². The Hall–Kier alpha value is -1.80. The molecule has 22 heavy (non-hydrogen) atoms. The van der Waals surface area contributed by atoms with Crippen molar-refractivity contribution in [2.24, 2.45) is 0 Å². The largest absolute Gasteiger partial charge is 0.497 e. The number of sulfonamides is 1. The molecule has 0 amide bonds. The lowest BCUT2D eigenvalue weighted by Crippen LogP contribution is -2.17. The molecule has 2 rings (SSSR count). The molecule has 118 valence electrons. The Kier molecular flexibility index (Phi) is 4.92. The first kappa shape index (κ1) is 16.6. The van der Waals surface area contributed by atoms with Gasteiger partial charge in [0.15, 0.2) is 4.90 Å². The van der Waals surface area contributed by atoms with Crippen LogP contribution in [0.5, 0.6) is 5.75 Å². The zero-order valence-electron chi connectivity index (χ0n) is 11.8. The lowest BCUT2D eigenvalue weighted by molar-refractivity contribution is 0.402. The molecule has 0 fully saturated rings. The van der Waals surface area contributed by atoms with Gasteiger partial charge in [0, 0.05) is 17.0 Å². The monoisotopic (exact) mass is 345 g/mol. The molecule has 1 N–H and O–H groups in total. The van der Waals surface area contributed by atoms with E-state index in [4.69, 9.17) is 4.74 Å². The second-order valence-electron chi connectivity index (χ2n) is 4.23. The summed E-state index contributed by atoms with van der Waals surface area (Å²) in [5.74, 6) is -2.53. The topological polar surface area (TPSA) is 55.4 Å². The number of anilines is 1. The Labute approximate surface area is 131 Å². The molecule has 0 unspecified atom stereocenters. The van der Waals surface area contributed by atoms with Gasteiger partial charge in [-0.2, -0.15) is 0 Å². The van der Waals surface area contributed by atoms with Crippen LogP contribution in [-0.4, -0.2) is 21.8 Å². The molecule has 0 radical (unpaired) electrons. The van der Waals surface area contributed by atoms with Crippen LogP contribution in [0.15, 0.2) is 46.2 Å². The third-order valence-electron chi connectivity index (χ3n) is 2.83. The summed E-state index contributed by atoms with van der Waals surface area (Å²) in [6.45, 7) is 0. The fourth-order valence-electron chi connectivity index (χ4n) is 1.84. The summed E-state index contributed by atoms with van der Waals surface area (Å²) < 4.78 is 59.3. The quantitative estimate of drug-likeness (QED) is 0.843. The number of hydrogen-bond donors (Lipinski definition) is 1. The molecule has 4 nitrogen and oxygen atoms in total. The number of para-hydroxylation sites is 1. The summed E-state index contributed by atoms with van der Waals surface area (Å²) >= 11 is 1.31. The van der Waals surface area contributed by atoms with Gasteiger partial charge in [-0.1, -0.05) is 12.1 Å². The fourth-order valence-corrected chi connectivity index (χ4v) is 3.66.